The Balaban J connectivity index is 1.37. The minimum absolute atomic E-state index is 0.127. The smallest absolute Gasteiger partial charge is 0.231 e. The molecule has 0 spiro atoms. The minimum Gasteiger partial charge on any atom is -0.497 e. The Kier molecular flexibility index (Phi) is 6.89. The predicted octanol–water partition coefficient (Wildman–Crippen LogP) is 3.93. The number of carbonyl (C=O) groups excluding carboxylic acids is 1. The highest BCUT2D eigenvalue weighted by Crippen LogP contribution is 2.35. The van der Waals surface area contributed by atoms with Gasteiger partial charge in [0.1, 0.15) is 23.9 Å². The lowest BCUT2D eigenvalue weighted by molar-refractivity contribution is 0.101. The van der Waals surface area contributed by atoms with Crippen LogP contribution in [0.15, 0.2) is 48.2 Å². The van der Waals surface area contributed by atoms with Crippen LogP contribution in [0.2, 0.25) is 0 Å². The van der Waals surface area contributed by atoms with Gasteiger partial charge in [0.2, 0.25) is 5.78 Å². The summed E-state index contributed by atoms with van der Waals surface area (Å²) in [4.78, 5) is 15.1. The molecule has 6 heteroatoms. The van der Waals surface area contributed by atoms with Crippen molar-refractivity contribution < 1.29 is 24.1 Å². The van der Waals surface area contributed by atoms with Crippen molar-refractivity contribution in [1.82, 2.24) is 4.90 Å². The third-order valence-corrected chi connectivity index (χ3v) is 5.91. The van der Waals surface area contributed by atoms with Crippen molar-refractivity contribution in [2.45, 2.75) is 31.7 Å². The molecule has 1 N–H and O–H groups in total. The van der Waals surface area contributed by atoms with Crippen molar-refractivity contribution in [1.29, 1.82) is 0 Å². The van der Waals surface area contributed by atoms with Crippen LogP contribution in [0, 0.1) is 0 Å². The summed E-state index contributed by atoms with van der Waals surface area (Å²) < 4.78 is 16.9. The first-order valence-electron chi connectivity index (χ1n) is 10.9. The van der Waals surface area contributed by atoms with E-state index in [9.17, 15) is 9.90 Å². The van der Waals surface area contributed by atoms with Gasteiger partial charge in [-0.1, -0.05) is 18.6 Å². The number of nitrogens with zero attached hydrogens (tertiary/aromatic N) is 1. The summed E-state index contributed by atoms with van der Waals surface area (Å²) in [5.74, 6) is 2.15. The van der Waals surface area contributed by atoms with Crippen molar-refractivity contribution in [2.75, 3.05) is 33.4 Å². The summed E-state index contributed by atoms with van der Waals surface area (Å²) in [6.07, 6.45) is 6.11. The van der Waals surface area contributed by atoms with E-state index in [1.165, 1.54) is 12.8 Å². The molecule has 0 aliphatic carbocycles. The van der Waals surface area contributed by atoms with E-state index in [0.717, 1.165) is 37.2 Å². The van der Waals surface area contributed by atoms with Crippen LogP contribution in [0.1, 0.15) is 41.6 Å². The second-order valence-corrected chi connectivity index (χ2v) is 7.92. The molecular weight excluding hydrogens is 394 g/mol. The summed E-state index contributed by atoms with van der Waals surface area (Å²) in [6.45, 7) is 2.66. The van der Waals surface area contributed by atoms with Crippen LogP contribution in [0.5, 0.6) is 17.2 Å². The molecule has 0 aromatic heterocycles. The fourth-order valence-electron chi connectivity index (χ4n) is 4.22. The average molecular weight is 424 g/mol. The van der Waals surface area contributed by atoms with Crippen LogP contribution in [0.25, 0.3) is 6.08 Å². The van der Waals surface area contributed by atoms with Gasteiger partial charge in [-0.3, -0.25) is 9.69 Å². The molecule has 0 amide bonds. The maximum Gasteiger partial charge on any atom is 0.231 e. The zero-order chi connectivity index (χ0) is 21.6. The van der Waals surface area contributed by atoms with Gasteiger partial charge in [-0.15, -0.1) is 0 Å². The fourth-order valence-corrected chi connectivity index (χ4v) is 4.22. The van der Waals surface area contributed by atoms with Crippen LogP contribution in [-0.2, 0) is 0 Å². The number of methoxy groups -OCH3 is 1. The number of hydrogen-bond acceptors (Lipinski definition) is 6. The monoisotopic (exact) mass is 423 g/mol. The third kappa shape index (κ3) is 5.09. The summed E-state index contributed by atoms with van der Waals surface area (Å²) >= 11 is 0. The highest BCUT2D eigenvalue weighted by atomic mass is 16.5. The summed E-state index contributed by atoms with van der Waals surface area (Å²) in [6, 6.07) is 13.2. The molecule has 164 valence electrons. The van der Waals surface area contributed by atoms with Crippen molar-refractivity contribution in [2.24, 2.45) is 0 Å². The number of ketones is 1. The van der Waals surface area contributed by atoms with E-state index in [0.29, 0.717) is 35.5 Å². The SMILES string of the molecule is COc1ccc(C=C2Oc3cc(OCCN4CCCC[C@H]4CCO)ccc3C2=O)cc1. The lowest BCUT2D eigenvalue weighted by atomic mass is 10.00. The van der Waals surface area contributed by atoms with Gasteiger partial charge in [-0.2, -0.15) is 0 Å². The number of fused-ring (bicyclic) bond motifs is 1. The summed E-state index contributed by atoms with van der Waals surface area (Å²) in [7, 11) is 1.62. The quantitative estimate of drug-likeness (QED) is 0.649. The molecule has 6 nitrogen and oxygen atoms in total. The fraction of sp³-hybridized carbons (Fsp3) is 0.400. The van der Waals surface area contributed by atoms with E-state index < -0.39 is 0 Å². The normalized spacial score (nSPS) is 19.9. The standard InChI is InChI=1S/C25H29NO5/c1-29-20-7-5-18(6-8-20)16-24-25(28)22-10-9-21(17-23(22)31-24)30-15-13-26-12-3-2-4-19(26)11-14-27/h5-10,16-17,19,27H,2-4,11-15H2,1H3/t19-/m0/s1. The minimum atomic E-state index is -0.127. The number of ether oxygens (including phenoxy) is 3. The Morgan fingerprint density at radius 2 is 1.97 bits per heavy atom. The van der Waals surface area contributed by atoms with Gasteiger partial charge in [-0.25, -0.2) is 0 Å². The third-order valence-electron chi connectivity index (χ3n) is 5.91. The lowest BCUT2D eigenvalue weighted by Crippen LogP contribution is -2.42. The number of carbonyl (C=O) groups is 1. The van der Waals surface area contributed by atoms with Crippen molar-refractivity contribution in [3.63, 3.8) is 0 Å². The van der Waals surface area contributed by atoms with Crippen molar-refractivity contribution >= 4 is 11.9 Å². The lowest BCUT2D eigenvalue weighted by Gasteiger charge is -2.35. The molecular formula is C25H29NO5. The molecule has 1 atom stereocenters. The number of aliphatic hydroxyl groups is 1. The molecule has 0 bridgehead atoms. The summed E-state index contributed by atoms with van der Waals surface area (Å²) in [5.41, 5.74) is 1.42. The van der Waals surface area contributed by atoms with E-state index in [-0.39, 0.29) is 12.4 Å². The first-order valence-corrected chi connectivity index (χ1v) is 10.9. The van der Waals surface area contributed by atoms with Gasteiger partial charge in [0.25, 0.3) is 0 Å². The number of Topliss-reactive ketones (excluding diaryl/α,β-unsaturated/α-hetero) is 1. The average Bonchev–Trinajstić information content (AvgIpc) is 3.10. The van der Waals surface area contributed by atoms with Crippen LogP contribution >= 0.6 is 0 Å². The van der Waals surface area contributed by atoms with E-state index in [1.807, 2.05) is 30.3 Å². The Morgan fingerprint density at radius 1 is 1.16 bits per heavy atom. The van der Waals surface area contributed by atoms with Gasteiger partial charge in [0.05, 0.1) is 12.7 Å². The van der Waals surface area contributed by atoms with Gasteiger partial charge in [0, 0.05) is 25.3 Å². The molecule has 31 heavy (non-hydrogen) atoms. The molecule has 0 unspecified atom stereocenters. The van der Waals surface area contributed by atoms with E-state index in [1.54, 1.807) is 25.3 Å². The highest BCUT2D eigenvalue weighted by molar-refractivity contribution is 6.14. The molecule has 0 saturated carbocycles. The Bertz CT molecular complexity index is 935. The first-order chi connectivity index (χ1) is 15.2. The Hall–Kier alpha value is -2.83. The molecule has 0 radical (unpaired) electrons. The molecule has 4 rings (SSSR count). The Morgan fingerprint density at radius 3 is 2.74 bits per heavy atom. The largest absolute Gasteiger partial charge is 0.497 e. The second kappa shape index (κ2) is 9.98. The van der Waals surface area contributed by atoms with Crippen LogP contribution in [0.3, 0.4) is 0 Å². The van der Waals surface area contributed by atoms with Gasteiger partial charge in [0.15, 0.2) is 5.76 Å². The number of piperidine rings is 1. The predicted molar refractivity (Wildman–Crippen MR) is 119 cm³/mol. The van der Waals surface area contributed by atoms with Crippen molar-refractivity contribution in [3.8, 4) is 17.2 Å². The molecule has 2 aliphatic heterocycles. The van der Waals surface area contributed by atoms with E-state index in [4.69, 9.17) is 14.2 Å². The highest BCUT2D eigenvalue weighted by Gasteiger charge is 2.28. The Labute approximate surface area is 183 Å². The van der Waals surface area contributed by atoms with E-state index >= 15 is 0 Å². The molecule has 1 fully saturated rings. The van der Waals surface area contributed by atoms with Crippen LogP contribution in [-0.4, -0.2) is 55.2 Å². The molecule has 2 aromatic rings. The van der Waals surface area contributed by atoms with Gasteiger partial charge < -0.3 is 19.3 Å². The zero-order valence-corrected chi connectivity index (χ0v) is 17.9. The number of aliphatic hydroxyl groups excluding tert-OH is 1. The molecule has 2 aromatic carbocycles. The zero-order valence-electron chi connectivity index (χ0n) is 17.9. The molecule has 1 saturated heterocycles. The van der Waals surface area contributed by atoms with Crippen molar-refractivity contribution in [3.05, 3.63) is 59.4 Å². The molecule has 2 heterocycles. The number of rotatable bonds is 8. The van der Waals surface area contributed by atoms with Gasteiger partial charge in [-0.05, 0) is 61.7 Å². The number of benzene rings is 2. The van der Waals surface area contributed by atoms with E-state index in [2.05, 4.69) is 4.90 Å². The number of likely N-dealkylation sites (tertiary alicyclic amines) is 1. The summed E-state index contributed by atoms with van der Waals surface area (Å²) in [5, 5.41) is 9.28. The van der Waals surface area contributed by atoms with Gasteiger partial charge >= 0.3 is 0 Å². The van der Waals surface area contributed by atoms with Crippen LogP contribution < -0.4 is 14.2 Å². The first kappa shape index (κ1) is 21.4. The topological polar surface area (TPSA) is 68.2 Å². The number of allylic oxidation sites excluding steroid dienone is 1. The van der Waals surface area contributed by atoms with Crippen LogP contribution in [0.4, 0.5) is 0 Å². The molecule has 2 aliphatic rings. The second-order valence-electron chi connectivity index (χ2n) is 7.92. The maximum absolute atomic E-state index is 12.7. The maximum atomic E-state index is 12.7. The number of hydrogen-bond donors (Lipinski definition) is 1.